The van der Waals surface area contributed by atoms with Gasteiger partial charge in [-0.05, 0) is 44.0 Å². The van der Waals surface area contributed by atoms with Gasteiger partial charge in [-0.1, -0.05) is 15.9 Å². The van der Waals surface area contributed by atoms with E-state index >= 15 is 0 Å². The van der Waals surface area contributed by atoms with Crippen molar-refractivity contribution in [2.75, 3.05) is 20.2 Å². The number of carbonyl (C=O) groups is 1. The average Bonchev–Trinajstić information content (AvgIpc) is 2.47. The number of ether oxygens (including phenoxy) is 1. The molecule has 0 aliphatic rings. The summed E-state index contributed by atoms with van der Waals surface area (Å²) in [5.74, 6) is 1.000. The predicted molar refractivity (Wildman–Crippen MR) is 84.8 cm³/mol. The number of amides is 1. The van der Waals surface area contributed by atoms with E-state index in [1.165, 1.54) is 0 Å². The van der Waals surface area contributed by atoms with E-state index in [1.807, 2.05) is 31.2 Å². The molecule has 1 atom stereocenters. The molecule has 0 aliphatic carbocycles. The Hall–Kier alpha value is -1.07. The Morgan fingerprint density at radius 2 is 2.00 bits per heavy atom. The van der Waals surface area contributed by atoms with Crippen molar-refractivity contribution in [3.05, 3.63) is 28.7 Å². The van der Waals surface area contributed by atoms with Gasteiger partial charge in [0.2, 0.25) is 5.91 Å². The van der Waals surface area contributed by atoms with E-state index < -0.39 is 0 Å². The second-order valence-electron chi connectivity index (χ2n) is 4.85. The van der Waals surface area contributed by atoms with E-state index in [1.54, 1.807) is 11.9 Å². The number of unbranched alkanes of at least 4 members (excludes halogenated alkanes) is 1. The van der Waals surface area contributed by atoms with Gasteiger partial charge >= 0.3 is 0 Å². The molecule has 112 valence electrons. The minimum Gasteiger partial charge on any atom is -0.494 e. The number of halogens is 1. The first kappa shape index (κ1) is 17.0. The number of rotatable bonds is 8. The molecule has 0 aliphatic heterocycles. The zero-order valence-electron chi connectivity index (χ0n) is 12.1. The number of likely N-dealkylation sites (N-methyl/N-ethyl adjacent to an activating group) is 1. The third kappa shape index (κ3) is 5.92. The number of carbonyl (C=O) groups excluding carboxylic acids is 1. The van der Waals surface area contributed by atoms with Crippen LogP contribution in [-0.4, -0.2) is 37.0 Å². The summed E-state index contributed by atoms with van der Waals surface area (Å²) in [6, 6.07) is 7.84. The first-order valence-electron chi connectivity index (χ1n) is 6.88. The topological polar surface area (TPSA) is 55.6 Å². The summed E-state index contributed by atoms with van der Waals surface area (Å²) in [4.78, 5) is 13.6. The fourth-order valence-corrected chi connectivity index (χ4v) is 1.94. The molecule has 1 rings (SSSR count). The normalized spacial score (nSPS) is 12.0. The van der Waals surface area contributed by atoms with E-state index in [0.29, 0.717) is 19.6 Å². The lowest BCUT2D eigenvalue weighted by Crippen LogP contribution is -2.39. The van der Waals surface area contributed by atoms with Gasteiger partial charge in [-0.2, -0.15) is 0 Å². The second-order valence-corrected chi connectivity index (χ2v) is 5.76. The van der Waals surface area contributed by atoms with Gasteiger partial charge in [-0.3, -0.25) is 4.79 Å². The minimum atomic E-state index is 0.0986. The SMILES string of the molecule is CC(CN)N(C)C(=O)CCCCOc1ccc(Br)cc1. The molecule has 1 unspecified atom stereocenters. The highest BCUT2D eigenvalue weighted by atomic mass is 79.9. The van der Waals surface area contributed by atoms with Crippen LogP contribution in [0.3, 0.4) is 0 Å². The molecule has 0 saturated heterocycles. The monoisotopic (exact) mass is 342 g/mol. The molecule has 20 heavy (non-hydrogen) atoms. The van der Waals surface area contributed by atoms with Gasteiger partial charge in [0.15, 0.2) is 0 Å². The molecule has 1 aromatic carbocycles. The molecule has 0 aromatic heterocycles. The van der Waals surface area contributed by atoms with Crippen LogP contribution in [0.2, 0.25) is 0 Å². The maximum atomic E-state index is 11.8. The lowest BCUT2D eigenvalue weighted by molar-refractivity contribution is -0.131. The zero-order chi connectivity index (χ0) is 15.0. The van der Waals surface area contributed by atoms with Gasteiger partial charge in [-0.15, -0.1) is 0 Å². The van der Waals surface area contributed by atoms with Gasteiger partial charge in [0.1, 0.15) is 5.75 Å². The molecule has 0 spiro atoms. The molecule has 5 heteroatoms. The first-order chi connectivity index (χ1) is 9.54. The molecule has 4 nitrogen and oxygen atoms in total. The molecule has 1 aromatic rings. The molecule has 0 saturated carbocycles. The van der Waals surface area contributed by atoms with E-state index in [0.717, 1.165) is 23.1 Å². The van der Waals surface area contributed by atoms with Crippen LogP contribution in [0.25, 0.3) is 0 Å². The predicted octanol–water partition coefficient (Wildman–Crippen LogP) is 2.80. The van der Waals surface area contributed by atoms with Crippen molar-refractivity contribution in [1.29, 1.82) is 0 Å². The summed E-state index contributed by atoms with van der Waals surface area (Å²) in [7, 11) is 1.80. The number of benzene rings is 1. The lowest BCUT2D eigenvalue weighted by atomic mass is 10.2. The Balaban J connectivity index is 2.16. The van der Waals surface area contributed by atoms with Gasteiger partial charge in [0.05, 0.1) is 6.61 Å². The van der Waals surface area contributed by atoms with Gasteiger partial charge in [0, 0.05) is 30.5 Å². The Morgan fingerprint density at radius 1 is 1.35 bits per heavy atom. The van der Waals surface area contributed by atoms with Gasteiger partial charge in [-0.25, -0.2) is 0 Å². The summed E-state index contributed by atoms with van der Waals surface area (Å²) in [5, 5.41) is 0. The Labute approximate surface area is 129 Å². The summed E-state index contributed by atoms with van der Waals surface area (Å²) < 4.78 is 6.64. The van der Waals surface area contributed by atoms with E-state index in [9.17, 15) is 4.79 Å². The largest absolute Gasteiger partial charge is 0.494 e. The van der Waals surface area contributed by atoms with E-state index in [2.05, 4.69) is 15.9 Å². The number of nitrogens with two attached hydrogens (primary N) is 1. The standard InChI is InChI=1S/C15H23BrN2O2/c1-12(11-17)18(2)15(19)5-3-4-10-20-14-8-6-13(16)7-9-14/h6-9,12H,3-5,10-11,17H2,1-2H3. The van der Waals surface area contributed by atoms with Crippen LogP contribution < -0.4 is 10.5 Å². The van der Waals surface area contributed by atoms with Crippen LogP contribution in [0.1, 0.15) is 26.2 Å². The molecule has 0 heterocycles. The fourth-order valence-electron chi connectivity index (χ4n) is 1.68. The van der Waals surface area contributed by atoms with Gasteiger partial charge in [0.25, 0.3) is 0 Å². The zero-order valence-corrected chi connectivity index (χ0v) is 13.7. The van der Waals surface area contributed by atoms with Crippen LogP contribution in [0.15, 0.2) is 28.7 Å². The van der Waals surface area contributed by atoms with E-state index in [4.69, 9.17) is 10.5 Å². The third-order valence-electron chi connectivity index (χ3n) is 3.26. The summed E-state index contributed by atoms with van der Waals surface area (Å²) in [6.07, 6.45) is 2.24. The molecular weight excluding hydrogens is 320 g/mol. The van der Waals surface area contributed by atoms with Crippen molar-refractivity contribution in [2.45, 2.75) is 32.2 Å². The fraction of sp³-hybridized carbons (Fsp3) is 0.533. The molecule has 0 fully saturated rings. The third-order valence-corrected chi connectivity index (χ3v) is 3.79. The Bertz CT molecular complexity index is 409. The first-order valence-corrected chi connectivity index (χ1v) is 7.68. The maximum Gasteiger partial charge on any atom is 0.222 e. The van der Waals surface area contributed by atoms with Crippen molar-refractivity contribution >= 4 is 21.8 Å². The summed E-state index contributed by atoms with van der Waals surface area (Å²) in [6.45, 7) is 3.08. The number of hydrogen-bond donors (Lipinski definition) is 1. The molecule has 1 amide bonds. The van der Waals surface area contributed by atoms with Crippen molar-refractivity contribution < 1.29 is 9.53 Å². The van der Waals surface area contributed by atoms with Gasteiger partial charge < -0.3 is 15.4 Å². The highest BCUT2D eigenvalue weighted by Gasteiger charge is 2.13. The number of hydrogen-bond acceptors (Lipinski definition) is 3. The van der Waals surface area contributed by atoms with E-state index in [-0.39, 0.29) is 11.9 Å². The molecular formula is C15H23BrN2O2. The summed E-state index contributed by atoms with van der Waals surface area (Å²) in [5.41, 5.74) is 5.54. The van der Waals surface area contributed by atoms with Crippen molar-refractivity contribution in [2.24, 2.45) is 5.73 Å². The Kier molecular flexibility index (Phi) is 7.62. The number of nitrogens with zero attached hydrogens (tertiary/aromatic N) is 1. The average molecular weight is 343 g/mol. The quantitative estimate of drug-likeness (QED) is 0.739. The van der Waals surface area contributed by atoms with Crippen molar-refractivity contribution in [1.82, 2.24) is 4.90 Å². The van der Waals surface area contributed by atoms with Crippen LogP contribution in [0.4, 0.5) is 0 Å². The smallest absolute Gasteiger partial charge is 0.222 e. The second kappa shape index (κ2) is 8.97. The van der Waals surface area contributed by atoms with Crippen LogP contribution in [-0.2, 0) is 4.79 Å². The van der Waals surface area contributed by atoms with Crippen LogP contribution in [0, 0.1) is 0 Å². The van der Waals surface area contributed by atoms with Crippen molar-refractivity contribution in [3.63, 3.8) is 0 Å². The molecule has 2 N–H and O–H groups in total. The van der Waals surface area contributed by atoms with Crippen molar-refractivity contribution in [3.8, 4) is 5.75 Å². The lowest BCUT2D eigenvalue weighted by Gasteiger charge is -2.23. The maximum absolute atomic E-state index is 11.8. The highest BCUT2D eigenvalue weighted by molar-refractivity contribution is 9.10. The Morgan fingerprint density at radius 3 is 2.60 bits per heavy atom. The van der Waals surface area contributed by atoms with Crippen LogP contribution in [0.5, 0.6) is 5.75 Å². The molecule has 0 radical (unpaired) electrons. The van der Waals surface area contributed by atoms with Crippen LogP contribution >= 0.6 is 15.9 Å². The molecule has 0 bridgehead atoms. The summed E-state index contributed by atoms with van der Waals surface area (Å²) >= 11 is 3.38. The highest BCUT2D eigenvalue weighted by Crippen LogP contribution is 2.16. The minimum absolute atomic E-state index is 0.0986.